The summed E-state index contributed by atoms with van der Waals surface area (Å²) in [5, 5.41) is 6.44. The number of aryl methyl sites for hydroxylation is 1. The Morgan fingerprint density at radius 2 is 2.16 bits per heavy atom. The third-order valence-electron chi connectivity index (χ3n) is 2.73. The predicted molar refractivity (Wildman–Crippen MR) is 69.6 cm³/mol. The number of ether oxygens (including phenoxy) is 1. The minimum Gasteiger partial charge on any atom is -0.481 e. The van der Waals surface area contributed by atoms with Gasteiger partial charge in [0.1, 0.15) is 11.5 Å². The minimum absolute atomic E-state index is 0.176. The number of carbonyl (C=O) groups excluding carboxylic acids is 1. The van der Waals surface area contributed by atoms with Crippen molar-refractivity contribution < 1.29 is 14.1 Å². The number of nitrogens with zero attached hydrogens (tertiary/aromatic N) is 1. The average Bonchev–Trinajstić information content (AvgIpc) is 2.82. The molecule has 0 saturated heterocycles. The Kier molecular flexibility index (Phi) is 4.18. The quantitative estimate of drug-likeness (QED) is 0.893. The molecule has 19 heavy (non-hydrogen) atoms. The summed E-state index contributed by atoms with van der Waals surface area (Å²) >= 11 is 0. The van der Waals surface area contributed by atoms with E-state index in [2.05, 4.69) is 10.5 Å². The summed E-state index contributed by atoms with van der Waals surface area (Å²) in [5.41, 5.74) is 0.861. The average molecular weight is 260 g/mol. The highest BCUT2D eigenvalue weighted by atomic mass is 16.5. The maximum Gasteiger partial charge on any atom is 0.261 e. The fourth-order valence-electron chi connectivity index (χ4n) is 1.57. The monoisotopic (exact) mass is 260 g/mol. The highest BCUT2D eigenvalue weighted by Gasteiger charge is 2.15. The minimum atomic E-state index is -0.553. The molecule has 0 aliphatic heterocycles. The number of benzene rings is 1. The van der Waals surface area contributed by atoms with Crippen LogP contribution in [0.4, 0.5) is 0 Å². The van der Waals surface area contributed by atoms with E-state index in [4.69, 9.17) is 9.26 Å². The zero-order valence-corrected chi connectivity index (χ0v) is 10.9. The van der Waals surface area contributed by atoms with E-state index in [0.717, 1.165) is 5.56 Å². The number of para-hydroxylation sites is 1. The van der Waals surface area contributed by atoms with Crippen LogP contribution in [0.2, 0.25) is 0 Å². The Balaban J connectivity index is 1.84. The molecule has 0 fully saturated rings. The normalized spacial score (nSPS) is 11.9. The van der Waals surface area contributed by atoms with Gasteiger partial charge in [0.15, 0.2) is 6.10 Å². The van der Waals surface area contributed by atoms with Crippen molar-refractivity contribution in [3.63, 3.8) is 0 Å². The van der Waals surface area contributed by atoms with Gasteiger partial charge in [-0.25, -0.2) is 0 Å². The maximum absolute atomic E-state index is 11.9. The lowest BCUT2D eigenvalue weighted by molar-refractivity contribution is -0.127. The van der Waals surface area contributed by atoms with Crippen molar-refractivity contribution in [2.24, 2.45) is 0 Å². The van der Waals surface area contributed by atoms with Crippen LogP contribution in [0, 0.1) is 6.92 Å². The zero-order valence-electron chi connectivity index (χ0n) is 10.9. The first-order valence-corrected chi connectivity index (χ1v) is 6.06. The van der Waals surface area contributed by atoms with Gasteiger partial charge in [-0.3, -0.25) is 4.79 Å². The standard InChI is InChI=1S/C14H16N2O3/c1-10-12(9-16-19-10)8-15-14(17)11(2)18-13-6-4-3-5-7-13/h3-7,9,11H,8H2,1-2H3,(H,15,17)/t11-/m1/s1. The van der Waals surface area contributed by atoms with Gasteiger partial charge in [-0.15, -0.1) is 0 Å². The highest BCUT2D eigenvalue weighted by molar-refractivity contribution is 5.80. The van der Waals surface area contributed by atoms with Gasteiger partial charge in [-0.1, -0.05) is 23.4 Å². The van der Waals surface area contributed by atoms with Crippen molar-refractivity contribution in [3.05, 3.63) is 47.9 Å². The number of amides is 1. The molecule has 1 aromatic heterocycles. The van der Waals surface area contributed by atoms with E-state index in [1.54, 1.807) is 20.0 Å². The molecule has 5 heteroatoms. The lowest BCUT2D eigenvalue weighted by Crippen LogP contribution is -2.35. The first-order valence-electron chi connectivity index (χ1n) is 6.06. The molecule has 0 aliphatic carbocycles. The molecule has 0 unspecified atom stereocenters. The van der Waals surface area contributed by atoms with E-state index in [1.165, 1.54) is 0 Å². The van der Waals surface area contributed by atoms with E-state index < -0.39 is 6.10 Å². The lowest BCUT2D eigenvalue weighted by atomic mass is 10.2. The largest absolute Gasteiger partial charge is 0.481 e. The second-order valence-electron chi connectivity index (χ2n) is 4.20. The third-order valence-corrected chi connectivity index (χ3v) is 2.73. The molecular formula is C14H16N2O3. The molecule has 1 heterocycles. The summed E-state index contributed by atoms with van der Waals surface area (Å²) in [6.45, 7) is 3.90. The second-order valence-corrected chi connectivity index (χ2v) is 4.20. The van der Waals surface area contributed by atoms with E-state index in [0.29, 0.717) is 18.1 Å². The van der Waals surface area contributed by atoms with Crippen molar-refractivity contribution in [1.82, 2.24) is 10.5 Å². The number of nitrogens with one attached hydrogen (secondary N) is 1. The molecule has 5 nitrogen and oxygen atoms in total. The molecule has 0 radical (unpaired) electrons. The van der Waals surface area contributed by atoms with Crippen molar-refractivity contribution in [3.8, 4) is 5.75 Å². The van der Waals surface area contributed by atoms with Gasteiger partial charge < -0.3 is 14.6 Å². The summed E-state index contributed by atoms with van der Waals surface area (Å²) in [4.78, 5) is 11.9. The Labute approximate surface area is 111 Å². The van der Waals surface area contributed by atoms with Crippen LogP contribution >= 0.6 is 0 Å². The van der Waals surface area contributed by atoms with E-state index in [1.807, 2.05) is 30.3 Å². The summed E-state index contributed by atoms with van der Waals surface area (Å²) in [7, 11) is 0. The molecule has 100 valence electrons. The van der Waals surface area contributed by atoms with Gasteiger partial charge in [0, 0.05) is 12.1 Å². The van der Waals surface area contributed by atoms with Crippen LogP contribution < -0.4 is 10.1 Å². The summed E-state index contributed by atoms with van der Waals surface area (Å²) in [5.74, 6) is 1.20. The smallest absolute Gasteiger partial charge is 0.261 e. The van der Waals surface area contributed by atoms with Crippen molar-refractivity contribution in [1.29, 1.82) is 0 Å². The van der Waals surface area contributed by atoms with Crippen molar-refractivity contribution in [2.45, 2.75) is 26.5 Å². The maximum atomic E-state index is 11.9. The molecule has 0 saturated carbocycles. The summed E-state index contributed by atoms with van der Waals surface area (Å²) < 4.78 is 10.4. The van der Waals surface area contributed by atoms with Crippen LogP contribution in [0.15, 0.2) is 41.1 Å². The first kappa shape index (κ1) is 13.1. The molecule has 2 rings (SSSR count). The van der Waals surface area contributed by atoms with Gasteiger partial charge in [0.05, 0.1) is 6.20 Å². The molecule has 1 aromatic carbocycles. The molecule has 1 amide bonds. The third kappa shape index (κ3) is 3.58. The van der Waals surface area contributed by atoms with Crippen LogP contribution in [0.5, 0.6) is 5.75 Å². The molecule has 1 atom stereocenters. The molecule has 1 N–H and O–H groups in total. The van der Waals surface area contributed by atoms with Gasteiger partial charge in [0.2, 0.25) is 0 Å². The van der Waals surface area contributed by atoms with Crippen LogP contribution in [-0.2, 0) is 11.3 Å². The Bertz CT molecular complexity index is 537. The van der Waals surface area contributed by atoms with Crippen LogP contribution in [0.3, 0.4) is 0 Å². The fraction of sp³-hybridized carbons (Fsp3) is 0.286. The number of hydrogen-bond acceptors (Lipinski definition) is 4. The number of rotatable bonds is 5. The van der Waals surface area contributed by atoms with Gasteiger partial charge in [-0.2, -0.15) is 0 Å². The first-order chi connectivity index (χ1) is 9.16. The Morgan fingerprint density at radius 1 is 1.42 bits per heavy atom. The van der Waals surface area contributed by atoms with E-state index >= 15 is 0 Å². The summed E-state index contributed by atoms with van der Waals surface area (Å²) in [6.07, 6.45) is 1.04. The molecule has 0 bridgehead atoms. The molecule has 2 aromatic rings. The summed E-state index contributed by atoms with van der Waals surface area (Å²) in [6, 6.07) is 9.25. The molecule has 0 spiro atoms. The zero-order chi connectivity index (χ0) is 13.7. The van der Waals surface area contributed by atoms with Crippen LogP contribution in [0.25, 0.3) is 0 Å². The number of carbonyl (C=O) groups is 1. The van der Waals surface area contributed by atoms with Gasteiger partial charge in [-0.05, 0) is 26.0 Å². The second kappa shape index (κ2) is 6.04. The number of aromatic nitrogens is 1. The van der Waals surface area contributed by atoms with Crippen molar-refractivity contribution >= 4 is 5.91 Å². The van der Waals surface area contributed by atoms with E-state index in [-0.39, 0.29) is 5.91 Å². The SMILES string of the molecule is Cc1oncc1CNC(=O)[C@@H](C)Oc1ccccc1. The van der Waals surface area contributed by atoms with Gasteiger partial charge in [0.25, 0.3) is 5.91 Å². The highest BCUT2D eigenvalue weighted by Crippen LogP contribution is 2.11. The van der Waals surface area contributed by atoms with E-state index in [9.17, 15) is 4.79 Å². The lowest BCUT2D eigenvalue weighted by Gasteiger charge is -2.14. The fourth-order valence-corrected chi connectivity index (χ4v) is 1.57. The Morgan fingerprint density at radius 3 is 2.79 bits per heavy atom. The van der Waals surface area contributed by atoms with Crippen molar-refractivity contribution in [2.75, 3.05) is 0 Å². The van der Waals surface area contributed by atoms with Gasteiger partial charge >= 0.3 is 0 Å². The number of hydrogen-bond donors (Lipinski definition) is 1. The predicted octanol–water partition coefficient (Wildman–Crippen LogP) is 2.07. The molecular weight excluding hydrogens is 244 g/mol. The van der Waals surface area contributed by atoms with Crippen LogP contribution in [0.1, 0.15) is 18.2 Å². The Hall–Kier alpha value is -2.30. The van der Waals surface area contributed by atoms with Crippen LogP contribution in [-0.4, -0.2) is 17.2 Å². The molecule has 0 aliphatic rings. The topological polar surface area (TPSA) is 64.4 Å².